The number of unbranched alkanes of at least 4 members (excludes halogenated alkanes) is 8. The van der Waals surface area contributed by atoms with Gasteiger partial charge in [-0.25, -0.2) is 0 Å². The Bertz CT molecular complexity index is 398. The highest BCUT2D eigenvalue weighted by atomic mass is 35.5. The van der Waals surface area contributed by atoms with Crippen LogP contribution >= 0.6 is 0 Å². The van der Waals surface area contributed by atoms with E-state index in [4.69, 9.17) is 4.74 Å². The lowest BCUT2D eigenvalue weighted by Gasteiger charge is -2.08. The number of carbonyl (C=O) groups excluding carboxylic acids is 1. The fraction of sp³-hybridized carbons (Fsp3) is 0.684. The maximum absolute atomic E-state index is 11.8. The number of aromatic nitrogens is 1. The second-order valence-corrected chi connectivity index (χ2v) is 5.99. The van der Waals surface area contributed by atoms with Crippen LogP contribution in [-0.4, -0.2) is 5.97 Å². The lowest BCUT2D eigenvalue weighted by atomic mass is 10.1. The lowest BCUT2D eigenvalue weighted by molar-refractivity contribution is -0.753. The Morgan fingerprint density at radius 3 is 2.00 bits per heavy atom. The summed E-state index contributed by atoms with van der Waals surface area (Å²) in [6.07, 6.45) is 15.5. The van der Waals surface area contributed by atoms with Crippen LogP contribution in [0.4, 0.5) is 0 Å². The minimum atomic E-state index is -0.229. The molecule has 1 aromatic heterocycles. The van der Waals surface area contributed by atoms with Crippen LogP contribution in [0.5, 0.6) is 0 Å². The van der Waals surface area contributed by atoms with Crippen LogP contribution in [0.25, 0.3) is 0 Å². The number of esters is 1. The van der Waals surface area contributed by atoms with Crippen LogP contribution in [0.1, 0.15) is 84.3 Å². The molecule has 0 aliphatic rings. The first-order chi connectivity index (χ1) is 10.7. The molecule has 1 aromatic rings. The fourth-order valence-corrected chi connectivity index (χ4v) is 2.54. The van der Waals surface area contributed by atoms with Crippen molar-refractivity contribution >= 4 is 5.97 Å². The van der Waals surface area contributed by atoms with Crippen molar-refractivity contribution in [3.8, 4) is 0 Å². The molecule has 0 spiro atoms. The highest BCUT2D eigenvalue weighted by Crippen LogP contribution is 2.11. The van der Waals surface area contributed by atoms with E-state index >= 15 is 0 Å². The van der Waals surface area contributed by atoms with Gasteiger partial charge in [-0.05, 0) is 6.42 Å². The molecule has 0 bridgehead atoms. The highest BCUT2D eigenvalue weighted by molar-refractivity contribution is 5.69. The summed E-state index contributed by atoms with van der Waals surface area (Å²) >= 11 is 0. The standard InChI is InChI=1S/C19H32NO2.ClH/c1-3-4-5-6-7-8-9-10-12-15-19(21)22-18(2)20-16-13-11-14-17-20;/h11,13-14,16-18H,3-10,12,15H2,1-2H3;1H/q+1;/p-1. The summed E-state index contributed by atoms with van der Waals surface area (Å²) in [6, 6.07) is 5.82. The molecule has 1 heterocycles. The van der Waals surface area contributed by atoms with Crippen molar-refractivity contribution in [2.24, 2.45) is 0 Å². The molecular formula is C19H32ClNO2. The van der Waals surface area contributed by atoms with E-state index in [0.717, 1.165) is 12.8 Å². The van der Waals surface area contributed by atoms with Gasteiger partial charge in [0.25, 0.3) is 0 Å². The van der Waals surface area contributed by atoms with Gasteiger partial charge in [-0.15, -0.1) is 0 Å². The van der Waals surface area contributed by atoms with Gasteiger partial charge >= 0.3 is 12.2 Å². The van der Waals surface area contributed by atoms with E-state index in [1.165, 1.54) is 44.9 Å². The van der Waals surface area contributed by atoms with Gasteiger partial charge in [0, 0.05) is 25.5 Å². The van der Waals surface area contributed by atoms with Crippen molar-refractivity contribution < 1.29 is 26.5 Å². The Labute approximate surface area is 147 Å². The number of halogens is 1. The summed E-state index contributed by atoms with van der Waals surface area (Å²) in [5.74, 6) is -0.0909. The first-order valence-corrected chi connectivity index (χ1v) is 8.89. The quantitative estimate of drug-likeness (QED) is 0.330. The third-order valence-corrected chi connectivity index (χ3v) is 3.94. The molecule has 0 N–H and O–H groups in total. The molecule has 0 aromatic carbocycles. The lowest BCUT2D eigenvalue weighted by Crippen LogP contribution is -3.00. The van der Waals surface area contributed by atoms with Crippen LogP contribution in [0.2, 0.25) is 0 Å². The number of carbonyl (C=O) groups is 1. The monoisotopic (exact) mass is 341 g/mol. The van der Waals surface area contributed by atoms with Crippen LogP contribution in [0, 0.1) is 0 Å². The van der Waals surface area contributed by atoms with E-state index < -0.39 is 0 Å². The minimum Gasteiger partial charge on any atom is -1.00 e. The second-order valence-electron chi connectivity index (χ2n) is 5.99. The number of pyridine rings is 1. The topological polar surface area (TPSA) is 30.2 Å². The minimum absolute atomic E-state index is 0. The SMILES string of the molecule is CCCCCCCCCCCC(=O)OC(C)[n+]1ccccc1.[Cl-]. The molecule has 0 saturated carbocycles. The van der Waals surface area contributed by atoms with Gasteiger partial charge in [-0.2, -0.15) is 4.57 Å². The molecule has 0 amide bonds. The normalized spacial score (nSPS) is 11.6. The molecule has 1 rings (SSSR count). The number of nitrogens with zero attached hydrogens (tertiary/aromatic N) is 1. The van der Waals surface area contributed by atoms with Crippen LogP contribution in [0.3, 0.4) is 0 Å². The first-order valence-electron chi connectivity index (χ1n) is 8.89. The maximum Gasteiger partial charge on any atom is 0.310 e. The Kier molecular flexibility index (Phi) is 13.8. The molecule has 23 heavy (non-hydrogen) atoms. The van der Waals surface area contributed by atoms with Crippen LogP contribution in [-0.2, 0) is 9.53 Å². The Morgan fingerprint density at radius 1 is 0.913 bits per heavy atom. The van der Waals surface area contributed by atoms with Crippen molar-refractivity contribution in [2.75, 3.05) is 0 Å². The number of hydrogen-bond donors (Lipinski definition) is 0. The predicted octanol–water partition coefficient (Wildman–Crippen LogP) is 1.96. The molecule has 1 atom stereocenters. The van der Waals surface area contributed by atoms with Gasteiger partial charge in [0.2, 0.25) is 0 Å². The van der Waals surface area contributed by atoms with Crippen molar-refractivity contribution in [1.82, 2.24) is 0 Å². The Morgan fingerprint density at radius 2 is 1.43 bits per heavy atom. The zero-order chi connectivity index (χ0) is 16.0. The maximum atomic E-state index is 11.8. The van der Waals surface area contributed by atoms with Gasteiger partial charge in [0.1, 0.15) is 0 Å². The third kappa shape index (κ3) is 11.1. The molecule has 0 aliphatic carbocycles. The van der Waals surface area contributed by atoms with E-state index in [0.29, 0.717) is 6.42 Å². The van der Waals surface area contributed by atoms with Gasteiger partial charge in [0.15, 0.2) is 12.4 Å². The molecule has 132 valence electrons. The summed E-state index contributed by atoms with van der Waals surface area (Å²) in [4.78, 5) is 11.8. The largest absolute Gasteiger partial charge is 1.00 e. The summed E-state index contributed by atoms with van der Waals surface area (Å²) in [5, 5.41) is 0. The van der Waals surface area contributed by atoms with Gasteiger partial charge in [0.05, 0.1) is 0 Å². The van der Waals surface area contributed by atoms with E-state index in [1.807, 2.05) is 42.1 Å². The molecule has 1 unspecified atom stereocenters. The average Bonchev–Trinajstić information content (AvgIpc) is 2.54. The van der Waals surface area contributed by atoms with Crippen LogP contribution in [0.15, 0.2) is 30.6 Å². The van der Waals surface area contributed by atoms with E-state index in [2.05, 4.69) is 6.92 Å². The average molecular weight is 342 g/mol. The Hall–Kier alpha value is -1.09. The predicted molar refractivity (Wildman–Crippen MR) is 89.3 cm³/mol. The Balaban J connectivity index is 0.00000484. The zero-order valence-electron chi connectivity index (χ0n) is 14.7. The smallest absolute Gasteiger partial charge is 0.310 e. The van der Waals surface area contributed by atoms with Crippen LogP contribution < -0.4 is 17.0 Å². The van der Waals surface area contributed by atoms with Gasteiger partial charge in [-0.3, -0.25) is 4.79 Å². The summed E-state index contributed by atoms with van der Waals surface area (Å²) in [7, 11) is 0. The number of rotatable bonds is 12. The second kappa shape index (κ2) is 14.5. The highest BCUT2D eigenvalue weighted by Gasteiger charge is 2.15. The first kappa shape index (κ1) is 21.9. The van der Waals surface area contributed by atoms with Gasteiger partial charge in [-0.1, -0.05) is 64.4 Å². The summed E-state index contributed by atoms with van der Waals surface area (Å²) in [6.45, 7) is 4.14. The molecular weight excluding hydrogens is 310 g/mol. The molecule has 0 saturated heterocycles. The molecule has 0 radical (unpaired) electrons. The summed E-state index contributed by atoms with van der Waals surface area (Å²) < 4.78 is 7.33. The molecule has 0 aliphatic heterocycles. The van der Waals surface area contributed by atoms with E-state index in [-0.39, 0.29) is 24.6 Å². The molecule has 0 fully saturated rings. The van der Waals surface area contributed by atoms with Crippen molar-refractivity contribution in [3.63, 3.8) is 0 Å². The molecule has 4 heteroatoms. The van der Waals surface area contributed by atoms with Gasteiger partial charge < -0.3 is 17.1 Å². The number of ether oxygens (including phenoxy) is 1. The summed E-state index contributed by atoms with van der Waals surface area (Å²) in [5.41, 5.74) is 0. The van der Waals surface area contributed by atoms with Crippen molar-refractivity contribution in [1.29, 1.82) is 0 Å². The van der Waals surface area contributed by atoms with E-state index in [9.17, 15) is 4.79 Å². The zero-order valence-corrected chi connectivity index (χ0v) is 15.4. The van der Waals surface area contributed by atoms with E-state index in [1.54, 1.807) is 0 Å². The van der Waals surface area contributed by atoms with Crippen molar-refractivity contribution in [3.05, 3.63) is 30.6 Å². The van der Waals surface area contributed by atoms with Crippen molar-refractivity contribution in [2.45, 2.75) is 84.3 Å². The number of hydrogen-bond acceptors (Lipinski definition) is 2. The fourth-order valence-electron chi connectivity index (χ4n) is 2.54. The molecule has 3 nitrogen and oxygen atoms in total. The third-order valence-electron chi connectivity index (χ3n) is 3.94.